The first kappa shape index (κ1) is 27.7. The third kappa shape index (κ3) is 5.45. The van der Waals surface area contributed by atoms with E-state index in [0.717, 1.165) is 24.7 Å². The quantitative estimate of drug-likeness (QED) is 0.255. The Kier molecular flexibility index (Phi) is 7.30. The van der Waals surface area contributed by atoms with Gasteiger partial charge < -0.3 is 10.4 Å². The van der Waals surface area contributed by atoms with E-state index in [9.17, 15) is 27.4 Å². The molecule has 1 atom stereocenters. The number of hydrogen-bond donors (Lipinski definition) is 5. The molecule has 11 heteroatoms. The van der Waals surface area contributed by atoms with Crippen LogP contribution in [0.25, 0.3) is 5.76 Å². The molecule has 2 aromatic rings. The number of ketones is 1. The van der Waals surface area contributed by atoms with Crippen LogP contribution in [0.1, 0.15) is 69.4 Å². The SMILES string of the molecule is CC1(CCCC2CCCCC2)C(=O)C(C2=NS(O)(O)c3cc(NS(C)(=O)=O)ccc3N2)=C(O)c2ccccc21. The number of nitrogens with one attached hydrogen (secondary N) is 2. The maximum absolute atomic E-state index is 14.2. The van der Waals surface area contributed by atoms with E-state index < -0.39 is 26.2 Å². The Morgan fingerprint density at radius 1 is 1.13 bits per heavy atom. The van der Waals surface area contributed by atoms with E-state index in [-0.39, 0.29) is 39.2 Å². The second-order valence-electron chi connectivity index (χ2n) is 11.0. The Morgan fingerprint density at radius 3 is 2.56 bits per heavy atom. The Balaban J connectivity index is 1.49. The average Bonchev–Trinajstić information content (AvgIpc) is 2.88. The van der Waals surface area contributed by atoms with Crippen LogP contribution in [0.4, 0.5) is 11.4 Å². The lowest BCUT2D eigenvalue weighted by Crippen LogP contribution is -2.42. The zero-order valence-corrected chi connectivity index (χ0v) is 23.7. The molecule has 0 saturated heterocycles. The molecule has 210 valence electrons. The van der Waals surface area contributed by atoms with E-state index in [4.69, 9.17) is 0 Å². The predicted octanol–water partition coefficient (Wildman–Crippen LogP) is 6.47. The number of hydrogen-bond acceptors (Lipinski definition) is 8. The largest absolute Gasteiger partial charge is 0.506 e. The molecule has 0 spiro atoms. The highest BCUT2D eigenvalue weighted by Crippen LogP contribution is 2.57. The van der Waals surface area contributed by atoms with Crippen LogP contribution in [0.3, 0.4) is 0 Å². The van der Waals surface area contributed by atoms with E-state index in [1.54, 1.807) is 12.1 Å². The summed E-state index contributed by atoms with van der Waals surface area (Å²) in [7, 11) is -7.40. The molecule has 9 nitrogen and oxygen atoms in total. The molecule has 5 N–H and O–H groups in total. The Hall–Kier alpha value is -2.86. The van der Waals surface area contributed by atoms with Gasteiger partial charge in [0, 0.05) is 5.56 Å². The van der Waals surface area contributed by atoms with Gasteiger partial charge >= 0.3 is 0 Å². The van der Waals surface area contributed by atoms with Crippen molar-refractivity contribution >= 4 is 49.6 Å². The minimum absolute atomic E-state index is 0.0149. The van der Waals surface area contributed by atoms with Gasteiger partial charge in [0.05, 0.1) is 23.0 Å². The smallest absolute Gasteiger partial charge is 0.229 e. The molecular formula is C28H35N3O6S2. The molecule has 2 aromatic carbocycles. The van der Waals surface area contributed by atoms with Crippen molar-refractivity contribution in [3.05, 3.63) is 59.2 Å². The normalized spacial score (nSPS) is 23.8. The number of rotatable bonds is 7. The van der Waals surface area contributed by atoms with Crippen LogP contribution in [-0.2, 0) is 20.2 Å². The van der Waals surface area contributed by atoms with Crippen molar-refractivity contribution in [2.24, 2.45) is 10.3 Å². The maximum Gasteiger partial charge on any atom is 0.229 e. The molecule has 1 saturated carbocycles. The third-order valence-corrected chi connectivity index (χ3v) is 10.0. The molecule has 5 rings (SSSR count). The third-order valence-electron chi connectivity index (χ3n) is 8.04. The summed E-state index contributed by atoms with van der Waals surface area (Å²) in [6.45, 7) is 1.89. The first-order valence-electron chi connectivity index (χ1n) is 13.2. The van der Waals surface area contributed by atoms with Crippen molar-refractivity contribution in [2.75, 3.05) is 16.3 Å². The van der Waals surface area contributed by atoms with Crippen molar-refractivity contribution in [3.63, 3.8) is 0 Å². The van der Waals surface area contributed by atoms with Crippen molar-refractivity contribution in [1.29, 1.82) is 0 Å². The summed E-state index contributed by atoms with van der Waals surface area (Å²) in [5.74, 6) is -0.0410. The molecule has 39 heavy (non-hydrogen) atoms. The molecule has 0 radical (unpaired) electrons. The molecule has 1 aliphatic heterocycles. The fourth-order valence-electron chi connectivity index (χ4n) is 6.06. The van der Waals surface area contributed by atoms with Gasteiger partial charge in [-0.1, -0.05) is 80.0 Å². The number of carbonyl (C=O) groups excluding carboxylic acids is 1. The van der Waals surface area contributed by atoms with Gasteiger partial charge in [-0.15, -0.1) is 4.40 Å². The molecular weight excluding hydrogens is 538 g/mol. The van der Waals surface area contributed by atoms with Gasteiger partial charge in [0.15, 0.2) is 11.6 Å². The monoisotopic (exact) mass is 573 g/mol. The highest BCUT2D eigenvalue weighted by Gasteiger charge is 2.46. The Labute approximate surface area is 231 Å². The van der Waals surface area contributed by atoms with Gasteiger partial charge in [-0.2, -0.15) is 0 Å². The Morgan fingerprint density at radius 2 is 1.85 bits per heavy atom. The zero-order valence-electron chi connectivity index (χ0n) is 22.1. The van der Waals surface area contributed by atoms with Gasteiger partial charge in [0.25, 0.3) is 0 Å². The summed E-state index contributed by atoms with van der Waals surface area (Å²) < 4.78 is 51.6. The highest BCUT2D eigenvalue weighted by atomic mass is 32.3. The summed E-state index contributed by atoms with van der Waals surface area (Å²) in [5.41, 5.74) is 0.657. The maximum atomic E-state index is 14.2. The van der Waals surface area contributed by atoms with Crippen molar-refractivity contribution < 1.29 is 27.4 Å². The Bertz CT molecular complexity index is 1480. The van der Waals surface area contributed by atoms with Gasteiger partial charge in [-0.05, 0) is 43.0 Å². The topological polar surface area (TPSA) is 148 Å². The van der Waals surface area contributed by atoms with Gasteiger partial charge in [-0.3, -0.25) is 18.6 Å². The lowest BCUT2D eigenvalue weighted by Gasteiger charge is -2.39. The number of sulfonamides is 1. The van der Waals surface area contributed by atoms with Crippen LogP contribution in [0.5, 0.6) is 0 Å². The molecule has 1 fully saturated rings. The molecule has 1 unspecified atom stereocenters. The van der Waals surface area contributed by atoms with Crippen LogP contribution >= 0.6 is 10.8 Å². The van der Waals surface area contributed by atoms with Crippen LogP contribution < -0.4 is 10.0 Å². The van der Waals surface area contributed by atoms with E-state index in [1.807, 2.05) is 19.1 Å². The number of benzene rings is 2. The number of amidine groups is 1. The summed E-state index contributed by atoms with van der Waals surface area (Å²) in [4.78, 5) is 14.2. The van der Waals surface area contributed by atoms with E-state index in [2.05, 4.69) is 14.4 Å². The fraction of sp³-hybridized carbons (Fsp3) is 0.429. The first-order valence-corrected chi connectivity index (χ1v) is 16.6. The first-order chi connectivity index (χ1) is 18.4. The standard InChI is InChI=1S/C28H35N3O6S2/c1-28(16-8-11-18-9-4-3-5-10-18)21-13-7-6-12-20(21)25(32)24(26(28)33)27-29-22-15-14-19(30-38(2,34)35)17-23(22)39(36,37)31-27/h6-7,12-15,17-18,30,32,36-37H,3-5,8-11,16H2,1-2H3,(H,29,31). The van der Waals surface area contributed by atoms with Crippen molar-refractivity contribution in [3.8, 4) is 0 Å². The number of aliphatic hydroxyl groups is 1. The summed E-state index contributed by atoms with van der Waals surface area (Å²) in [6, 6.07) is 11.5. The summed E-state index contributed by atoms with van der Waals surface area (Å²) >= 11 is 0. The van der Waals surface area contributed by atoms with E-state index in [1.165, 1.54) is 50.3 Å². The minimum atomic E-state index is -3.82. The molecule has 1 heterocycles. The fourth-order valence-corrected chi connectivity index (χ4v) is 7.81. The van der Waals surface area contributed by atoms with Gasteiger partial charge in [-0.25, -0.2) is 8.42 Å². The highest BCUT2D eigenvalue weighted by molar-refractivity contribution is 8.23. The molecule has 0 aromatic heterocycles. The number of anilines is 2. The van der Waals surface area contributed by atoms with Crippen molar-refractivity contribution in [2.45, 2.75) is 68.6 Å². The van der Waals surface area contributed by atoms with E-state index >= 15 is 0 Å². The molecule has 0 amide bonds. The van der Waals surface area contributed by atoms with Crippen molar-refractivity contribution in [1.82, 2.24) is 0 Å². The second kappa shape index (κ2) is 10.3. The molecule has 0 bridgehead atoms. The van der Waals surface area contributed by atoms with Gasteiger partial charge in [0.2, 0.25) is 10.0 Å². The van der Waals surface area contributed by atoms with Crippen LogP contribution in [-0.4, -0.2) is 40.5 Å². The van der Waals surface area contributed by atoms with E-state index in [0.29, 0.717) is 17.9 Å². The number of Topliss-reactive ketones (excluding diaryl/α,β-unsaturated/α-hetero) is 1. The lowest BCUT2D eigenvalue weighted by atomic mass is 9.66. The zero-order chi connectivity index (χ0) is 28.0. The summed E-state index contributed by atoms with van der Waals surface area (Å²) in [5, 5.41) is 14.3. The molecule has 2 aliphatic carbocycles. The lowest BCUT2D eigenvalue weighted by molar-refractivity contribution is -0.120. The predicted molar refractivity (Wildman–Crippen MR) is 156 cm³/mol. The van der Waals surface area contributed by atoms with Crippen LogP contribution in [0.2, 0.25) is 0 Å². The van der Waals surface area contributed by atoms with Crippen LogP contribution in [0.15, 0.2) is 57.3 Å². The van der Waals surface area contributed by atoms with Crippen LogP contribution in [0, 0.1) is 5.92 Å². The number of nitrogens with zero attached hydrogens (tertiary/aromatic N) is 1. The number of fused-ring (bicyclic) bond motifs is 2. The average molecular weight is 574 g/mol. The summed E-state index contributed by atoms with van der Waals surface area (Å²) in [6.07, 6.45) is 9.77. The molecule has 3 aliphatic rings. The second-order valence-corrected chi connectivity index (χ2v) is 14.4. The number of aliphatic hydroxyl groups excluding tert-OH is 1. The van der Waals surface area contributed by atoms with Gasteiger partial charge in [0.1, 0.15) is 16.2 Å². The number of carbonyl (C=O) groups is 1. The minimum Gasteiger partial charge on any atom is -0.506 e.